The molecule has 3 aromatic rings. The van der Waals surface area contributed by atoms with Crippen molar-refractivity contribution in [2.75, 3.05) is 0 Å². The Morgan fingerprint density at radius 2 is 1.75 bits per heavy atom. The fraction of sp³-hybridized carbons (Fsp3) is 0.176. The first-order valence-electron chi connectivity index (χ1n) is 7.84. The molecule has 2 aromatic carbocycles. The molecule has 0 radical (unpaired) electrons. The van der Waals surface area contributed by atoms with Gasteiger partial charge in [0.1, 0.15) is 11.6 Å². The molecule has 0 N–H and O–H groups in total. The van der Waals surface area contributed by atoms with E-state index in [0.717, 1.165) is 23.9 Å². The molecule has 0 amide bonds. The van der Waals surface area contributed by atoms with Crippen LogP contribution in [0.25, 0.3) is 5.69 Å². The molecule has 0 saturated carbocycles. The van der Waals surface area contributed by atoms with Crippen LogP contribution in [0.5, 0.6) is 5.75 Å². The van der Waals surface area contributed by atoms with E-state index in [4.69, 9.17) is 0 Å². The monoisotopic (exact) mass is 412 g/mol. The number of halogens is 4. The number of hydrogen-bond acceptors (Lipinski definition) is 6. The number of hydrogen-bond donors (Lipinski definition) is 0. The summed E-state index contributed by atoms with van der Waals surface area (Å²) in [6.45, 7) is 1.65. The number of nitrogens with zero attached hydrogens (tertiary/aromatic N) is 4. The molecular weight excluding hydrogens is 400 g/mol. The summed E-state index contributed by atoms with van der Waals surface area (Å²) < 4.78 is 54.8. The quantitative estimate of drug-likeness (QED) is 0.346. The molecule has 1 aromatic heterocycles. The number of aromatic nitrogens is 4. The minimum absolute atomic E-state index is 0.242. The molecule has 0 saturated heterocycles. The van der Waals surface area contributed by atoms with Crippen molar-refractivity contribution < 1.29 is 27.1 Å². The lowest BCUT2D eigenvalue weighted by Crippen LogP contribution is -2.17. The maximum Gasteiger partial charge on any atom is 0.573 e. The summed E-state index contributed by atoms with van der Waals surface area (Å²) in [4.78, 5) is 12.5. The van der Waals surface area contributed by atoms with Gasteiger partial charge in [-0.1, -0.05) is 11.8 Å². The number of benzene rings is 2. The van der Waals surface area contributed by atoms with Gasteiger partial charge in [-0.25, -0.2) is 4.39 Å². The molecule has 0 fully saturated rings. The molecule has 1 heterocycles. The summed E-state index contributed by atoms with van der Waals surface area (Å²) in [6, 6.07) is 10.1. The van der Waals surface area contributed by atoms with Crippen molar-refractivity contribution in [2.45, 2.75) is 23.7 Å². The molecular formula is C17H12F4N4O2S. The van der Waals surface area contributed by atoms with Gasteiger partial charge in [-0.2, -0.15) is 4.68 Å². The van der Waals surface area contributed by atoms with Crippen molar-refractivity contribution in [3.05, 3.63) is 59.9 Å². The van der Waals surface area contributed by atoms with Crippen LogP contribution in [-0.2, 0) is 0 Å². The smallest absolute Gasteiger partial charge is 0.406 e. The first-order valence-corrected chi connectivity index (χ1v) is 8.72. The first kappa shape index (κ1) is 19.8. The van der Waals surface area contributed by atoms with E-state index in [1.807, 2.05) is 0 Å². The van der Waals surface area contributed by atoms with E-state index in [1.54, 1.807) is 6.92 Å². The van der Waals surface area contributed by atoms with Gasteiger partial charge >= 0.3 is 6.36 Å². The van der Waals surface area contributed by atoms with Gasteiger partial charge < -0.3 is 4.74 Å². The van der Waals surface area contributed by atoms with Gasteiger partial charge in [-0.05, 0) is 65.9 Å². The highest BCUT2D eigenvalue weighted by atomic mass is 32.2. The summed E-state index contributed by atoms with van der Waals surface area (Å²) in [7, 11) is 0. The van der Waals surface area contributed by atoms with E-state index in [-0.39, 0.29) is 16.7 Å². The number of alkyl halides is 3. The van der Waals surface area contributed by atoms with Gasteiger partial charge in [0.05, 0.1) is 10.9 Å². The topological polar surface area (TPSA) is 69.9 Å². The average molecular weight is 412 g/mol. The Morgan fingerprint density at radius 1 is 1.11 bits per heavy atom. The van der Waals surface area contributed by atoms with E-state index in [9.17, 15) is 22.4 Å². The maximum atomic E-state index is 13.0. The van der Waals surface area contributed by atoms with Crippen molar-refractivity contribution >= 4 is 17.5 Å². The lowest BCUT2D eigenvalue weighted by atomic mass is 10.1. The summed E-state index contributed by atoms with van der Waals surface area (Å²) in [5.41, 5.74) is 0.734. The van der Waals surface area contributed by atoms with Crippen LogP contribution in [-0.4, -0.2) is 37.6 Å². The van der Waals surface area contributed by atoms with E-state index >= 15 is 0 Å². The Balaban J connectivity index is 1.74. The van der Waals surface area contributed by atoms with Crippen LogP contribution >= 0.6 is 11.8 Å². The Morgan fingerprint density at radius 3 is 2.36 bits per heavy atom. The summed E-state index contributed by atoms with van der Waals surface area (Å²) in [5, 5.41) is 10.9. The van der Waals surface area contributed by atoms with Crippen LogP contribution < -0.4 is 4.74 Å². The molecule has 0 bridgehead atoms. The molecule has 0 aliphatic rings. The molecule has 3 rings (SSSR count). The minimum atomic E-state index is -4.78. The minimum Gasteiger partial charge on any atom is -0.406 e. The van der Waals surface area contributed by atoms with Gasteiger partial charge in [0.15, 0.2) is 5.78 Å². The molecule has 6 nitrogen and oxygen atoms in total. The SMILES string of the molecule is CC(Sc1nnnn1-c1ccc(OC(F)(F)F)cc1)C(=O)c1ccc(F)cc1. The molecule has 146 valence electrons. The zero-order chi connectivity index (χ0) is 20.3. The normalized spacial score (nSPS) is 12.6. The summed E-state index contributed by atoms with van der Waals surface area (Å²) >= 11 is 1.07. The van der Waals surface area contributed by atoms with Gasteiger partial charge in [0, 0.05) is 5.56 Å². The van der Waals surface area contributed by atoms with Crippen LogP contribution in [0.4, 0.5) is 17.6 Å². The van der Waals surface area contributed by atoms with E-state index in [2.05, 4.69) is 20.3 Å². The number of thioether (sulfide) groups is 1. The van der Waals surface area contributed by atoms with Gasteiger partial charge in [0.2, 0.25) is 5.16 Å². The zero-order valence-electron chi connectivity index (χ0n) is 14.2. The van der Waals surface area contributed by atoms with Crippen LogP contribution in [0.2, 0.25) is 0 Å². The van der Waals surface area contributed by atoms with E-state index in [0.29, 0.717) is 11.3 Å². The molecule has 0 aliphatic heterocycles. The second-order valence-electron chi connectivity index (χ2n) is 5.55. The fourth-order valence-electron chi connectivity index (χ4n) is 2.26. The van der Waals surface area contributed by atoms with Crippen molar-refractivity contribution in [3.63, 3.8) is 0 Å². The third-order valence-electron chi connectivity index (χ3n) is 3.54. The second-order valence-corrected chi connectivity index (χ2v) is 6.85. The lowest BCUT2D eigenvalue weighted by molar-refractivity contribution is -0.274. The Labute approximate surface area is 160 Å². The number of carbonyl (C=O) groups excluding carboxylic acids is 1. The third kappa shape index (κ3) is 4.85. The highest BCUT2D eigenvalue weighted by Crippen LogP contribution is 2.27. The van der Waals surface area contributed by atoms with Crippen LogP contribution in [0, 0.1) is 5.82 Å². The Bertz CT molecular complexity index is 959. The zero-order valence-corrected chi connectivity index (χ0v) is 15.0. The Hall–Kier alpha value is -2.95. The number of ether oxygens (including phenoxy) is 1. The van der Waals surface area contributed by atoms with Crippen LogP contribution in [0.3, 0.4) is 0 Å². The highest BCUT2D eigenvalue weighted by Gasteiger charge is 2.31. The van der Waals surface area contributed by atoms with Crippen molar-refractivity contribution in [1.82, 2.24) is 20.2 Å². The predicted molar refractivity (Wildman–Crippen MR) is 91.9 cm³/mol. The van der Waals surface area contributed by atoms with Gasteiger partial charge in [-0.3, -0.25) is 4.79 Å². The number of rotatable bonds is 6. The average Bonchev–Trinajstić information content (AvgIpc) is 3.09. The van der Waals surface area contributed by atoms with Crippen molar-refractivity contribution in [2.24, 2.45) is 0 Å². The molecule has 0 spiro atoms. The summed E-state index contributed by atoms with van der Waals surface area (Å²) in [6.07, 6.45) is -4.78. The number of tetrazole rings is 1. The van der Waals surface area contributed by atoms with Crippen LogP contribution in [0.1, 0.15) is 17.3 Å². The number of ketones is 1. The van der Waals surface area contributed by atoms with Crippen molar-refractivity contribution in [3.8, 4) is 11.4 Å². The Kier molecular flexibility index (Phi) is 5.63. The standard InChI is InChI=1S/C17H12F4N4O2S/c1-10(15(26)11-2-4-12(18)5-3-11)28-16-22-23-24-25(16)13-6-8-14(9-7-13)27-17(19,20)21/h2-10H,1H3. The molecule has 0 aliphatic carbocycles. The molecule has 1 unspecified atom stereocenters. The van der Waals surface area contributed by atoms with E-state index < -0.39 is 17.4 Å². The predicted octanol–water partition coefficient (Wildman–Crippen LogP) is 4.06. The van der Waals surface area contributed by atoms with Crippen LogP contribution in [0.15, 0.2) is 53.7 Å². The number of carbonyl (C=O) groups is 1. The van der Waals surface area contributed by atoms with Gasteiger partial charge in [-0.15, -0.1) is 18.3 Å². The maximum absolute atomic E-state index is 13.0. The first-order chi connectivity index (χ1) is 13.2. The van der Waals surface area contributed by atoms with Gasteiger partial charge in [0.25, 0.3) is 0 Å². The summed E-state index contributed by atoms with van der Waals surface area (Å²) in [5.74, 6) is -1.06. The highest BCUT2D eigenvalue weighted by molar-refractivity contribution is 8.00. The van der Waals surface area contributed by atoms with E-state index in [1.165, 1.54) is 41.1 Å². The lowest BCUT2D eigenvalue weighted by Gasteiger charge is -2.11. The largest absolute Gasteiger partial charge is 0.573 e. The molecule has 28 heavy (non-hydrogen) atoms. The third-order valence-corrected chi connectivity index (χ3v) is 4.57. The van der Waals surface area contributed by atoms with Crippen molar-refractivity contribution in [1.29, 1.82) is 0 Å². The molecule has 11 heteroatoms. The second kappa shape index (κ2) is 7.97. The number of Topliss-reactive ketones (excluding diaryl/α,β-unsaturated/α-hetero) is 1. The fourth-order valence-corrected chi connectivity index (χ4v) is 3.15. The molecule has 1 atom stereocenters.